The average molecular weight is 362 g/mol. The number of hydrogen-bond donors (Lipinski definition) is 0. The van der Waals surface area contributed by atoms with E-state index in [1.54, 1.807) is 0 Å². The van der Waals surface area contributed by atoms with E-state index in [1.807, 2.05) is 81.4 Å². The largest absolute Gasteiger partial charge is 0.528 e. The van der Waals surface area contributed by atoms with E-state index in [1.165, 1.54) is 0 Å². The molecule has 24 heavy (non-hydrogen) atoms. The van der Waals surface area contributed by atoms with Crippen LogP contribution in [-0.2, 0) is 17.4 Å². The van der Waals surface area contributed by atoms with Gasteiger partial charge in [-0.1, -0.05) is 60.7 Å². The highest BCUT2D eigenvalue weighted by atomic mass is 28.4. The second-order valence-electron chi connectivity index (χ2n) is 4.98. The van der Waals surface area contributed by atoms with Crippen LogP contribution in [0.4, 0.5) is 0 Å². The minimum absolute atomic E-state index is 0.525. The molecule has 0 aliphatic heterocycles. The van der Waals surface area contributed by atoms with Gasteiger partial charge in [-0.25, -0.2) is 0 Å². The van der Waals surface area contributed by atoms with Gasteiger partial charge in [-0.15, -0.1) is 0 Å². The van der Waals surface area contributed by atoms with E-state index in [2.05, 4.69) is 0 Å². The molecule has 1 radical (unpaired) electrons. The third-order valence-corrected chi connectivity index (χ3v) is 8.86. The molecule has 6 heteroatoms. The third-order valence-electron chi connectivity index (χ3n) is 3.31. The smallest absolute Gasteiger partial charge is 0.391 e. The van der Waals surface area contributed by atoms with Crippen molar-refractivity contribution in [3.05, 3.63) is 60.7 Å². The number of hydrogen-bond acceptors (Lipinski definition) is 4. The van der Waals surface area contributed by atoms with Gasteiger partial charge in [0.1, 0.15) is 0 Å². The fraction of sp³-hybridized carbons (Fsp3) is 0.333. The SMILES string of the molecule is CCO[Si](O[Si](OCC)(OCC)c1ccccc1)c1ccccc1. The van der Waals surface area contributed by atoms with Crippen molar-refractivity contribution in [3.63, 3.8) is 0 Å². The molecule has 0 saturated carbocycles. The molecule has 0 aliphatic carbocycles. The molecule has 0 saturated heterocycles. The maximum atomic E-state index is 6.51. The summed E-state index contributed by atoms with van der Waals surface area (Å²) in [6.45, 7) is 7.53. The van der Waals surface area contributed by atoms with Crippen molar-refractivity contribution in [1.29, 1.82) is 0 Å². The summed E-state index contributed by atoms with van der Waals surface area (Å²) < 4.78 is 24.6. The molecule has 4 nitrogen and oxygen atoms in total. The molecule has 2 aromatic rings. The molecule has 0 heterocycles. The molecular formula is C18H25O4Si2. The maximum absolute atomic E-state index is 6.51. The quantitative estimate of drug-likeness (QED) is 0.609. The Morgan fingerprint density at radius 1 is 0.750 bits per heavy atom. The highest BCUT2D eigenvalue weighted by Gasteiger charge is 2.47. The molecule has 2 rings (SSSR count). The highest BCUT2D eigenvalue weighted by molar-refractivity contribution is 6.83. The normalized spacial score (nSPS) is 11.8. The van der Waals surface area contributed by atoms with Crippen LogP contribution in [0, 0.1) is 0 Å². The molecule has 0 aromatic heterocycles. The highest BCUT2D eigenvalue weighted by Crippen LogP contribution is 2.13. The zero-order valence-electron chi connectivity index (χ0n) is 14.5. The van der Waals surface area contributed by atoms with Gasteiger partial charge in [-0.3, -0.25) is 0 Å². The Kier molecular flexibility index (Phi) is 7.84. The van der Waals surface area contributed by atoms with Crippen LogP contribution in [-0.4, -0.2) is 37.9 Å². The Labute approximate surface area is 147 Å². The lowest BCUT2D eigenvalue weighted by atomic mass is 10.4. The summed E-state index contributed by atoms with van der Waals surface area (Å²) >= 11 is 0. The van der Waals surface area contributed by atoms with Gasteiger partial charge in [-0.2, -0.15) is 0 Å². The standard InChI is InChI=1S/C18H25O4Si2/c1-4-19-23(17-13-9-7-10-14-17)22-24(20-5-2,21-6-3)18-15-11-8-12-16-18/h7-16H,4-6H2,1-3H3. The fourth-order valence-electron chi connectivity index (χ4n) is 2.35. The molecule has 0 unspecified atom stereocenters. The van der Waals surface area contributed by atoms with Gasteiger partial charge in [0, 0.05) is 25.0 Å². The van der Waals surface area contributed by atoms with Crippen LogP contribution < -0.4 is 10.4 Å². The third kappa shape index (κ3) is 4.86. The average Bonchev–Trinajstić information content (AvgIpc) is 2.63. The summed E-state index contributed by atoms with van der Waals surface area (Å²) in [7, 11) is -4.74. The molecule has 129 valence electrons. The van der Waals surface area contributed by atoms with Crippen LogP contribution in [0.5, 0.6) is 0 Å². The predicted octanol–water partition coefficient (Wildman–Crippen LogP) is 2.35. The summed E-state index contributed by atoms with van der Waals surface area (Å²) in [4.78, 5) is 0. The van der Waals surface area contributed by atoms with Crippen molar-refractivity contribution in [1.82, 2.24) is 0 Å². The van der Waals surface area contributed by atoms with Crippen LogP contribution in [0.3, 0.4) is 0 Å². The number of rotatable bonds is 10. The minimum atomic E-state index is -3.03. The van der Waals surface area contributed by atoms with Crippen molar-refractivity contribution in [2.45, 2.75) is 20.8 Å². The Morgan fingerprint density at radius 3 is 1.79 bits per heavy atom. The van der Waals surface area contributed by atoms with Gasteiger partial charge >= 0.3 is 18.1 Å². The van der Waals surface area contributed by atoms with E-state index in [0.29, 0.717) is 19.8 Å². The maximum Gasteiger partial charge on any atom is 0.528 e. The molecule has 0 fully saturated rings. The second kappa shape index (κ2) is 9.88. The lowest BCUT2D eigenvalue weighted by molar-refractivity contribution is 0.119. The van der Waals surface area contributed by atoms with Gasteiger partial charge in [0.05, 0.1) is 0 Å². The Hall–Kier alpha value is -1.29. The van der Waals surface area contributed by atoms with Gasteiger partial charge < -0.3 is 17.4 Å². The van der Waals surface area contributed by atoms with Crippen LogP contribution >= 0.6 is 0 Å². The molecule has 0 amide bonds. The molecular weight excluding hydrogens is 336 g/mol. The first-order chi connectivity index (χ1) is 11.8. The van der Waals surface area contributed by atoms with Crippen molar-refractivity contribution in [2.24, 2.45) is 0 Å². The predicted molar refractivity (Wildman–Crippen MR) is 99.6 cm³/mol. The van der Waals surface area contributed by atoms with E-state index in [-0.39, 0.29) is 0 Å². The summed E-state index contributed by atoms with van der Waals surface area (Å²) in [5.41, 5.74) is 0. The van der Waals surface area contributed by atoms with Crippen LogP contribution in [0.2, 0.25) is 0 Å². The Bertz CT molecular complexity index is 574. The Balaban J connectivity index is 2.38. The molecule has 0 spiro atoms. The van der Waals surface area contributed by atoms with Gasteiger partial charge in [0.25, 0.3) is 0 Å². The van der Waals surface area contributed by atoms with E-state index in [0.717, 1.165) is 10.4 Å². The topological polar surface area (TPSA) is 36.9 Å². The first-order valence-electron chi connectivity index (χ1n) is 8.33. The molecule has 0 N–H and O–H groups in total. The van der Waals surface area contributed by atoms with E-state index < -0.39 is 18.1 Å². The van der Waals surface area contributed by atoms with E-state index in [4.69, 9.17) is 17.4 Å². The van der Waals surface area contributed by atoms with Gasteiger partial charge in [-0.05, 0) is 26.0 Å². The van der Waals surface area contributed by atoms with Crippen molar-refractivity contribution < 1.29 is 17.4 Å². The fourth-order valence-corrected chi connectivity index (χ4v) is 7.64. The van der Waals surface area contributed by atoms with Crippen LogP contribution in [0.1, 0.15) is 20.8 Å². The summed E-state index contributed by atoms with van der Waals surface area (Å²) in [6, 6.07) is 20.0. The lowest BCUT2D eigenvalue weighted by Gasteiger charge is -2.32. The van der Waals surface area contributed by atoms with Gasteiger partial charge in [0.2, 0.25) is 0 Å². The molecule has 0 aliphatic rings. The lowest BCUT2D eigenvalue weighted by Crippen LogP contribution is -2.61. The summed E-state index contributed by atoms with van der Waals surface area (Å²) in [5.74, 6) is 0. The first kappa shape index (κ1) is 19.0. The van der Waals surface area contributed by atoms with E-state index in [9.17, 15) is 0 Å². The number of benzene rings is 2. The van der Waals surface area contributed by atoms with Crippen LogP contribution in [0.25, 0.3) is 0 Å². The molecule has 0 atom stereocenters. The summed E-state index contributed by atoms with van der Waals surface area (Å²) in [5, 5.41) is 2.02. The first-order valence-corrected chi connectivity index (χ1v) is 11.4. The minimum Gasteiger partial charge on any atom is -0.391 e. The van der Waals surface area contributed by atoms with Crippen molar-refractivity contribution >= 4 is 28.5 Å². The van der Waals surface area contributed by atoms with E-state index >= 15 is 0 Å². The zero-order chi connectivity index (χ0) is 17.3. The van der Waals surface area contributed by atoms with Crippen LogP contribution in [0.15, 0.2) is 60.7 Å². The monoisotopic (exact) mass is 361 g/mol. The van der Waals surface area contributed by atoms with Crippen molar-refractivity contribution in [2.75, 3.05) is 19.8 Å². The van der Waals surface area contributed by atoms with Crippen molar-refractivity contribution in [3.8, 4) is 0 Å². The summed E-state index contributed by atoms with van der Waals surface area (Å²) in [6.07, 6.45) is 0. The Morgan fingerprint density at radius 2 is 1.29 bits per heavy atom. The molecule has 2 aromatic carbocycles. The zero-order valence-corrected chi connectivity index (χ0v) is 16.5. The molecule has 0 bridgehead atoms. The van der Waals surface area contributed by atoms with Gasteiger partial charge in [0.15, 0.2) is 0 Å². The second-order valence-corrected chi connectivity index (χ2v) is 9.50.